The maximum absolute atomic E-state index is 5.86. The zero-order valence-corrected chi connectivity index (χ0v) is 11.9. The standard InChI is InChI=1S/C15H25NO2/c1-5-8-17-14-7-6-13(9-12(4)16)15(10-14)18-11(2)3/h6-7,10-12H,5,8-9,16H2,1-4H3. The Labute approximate surface area is 110 Å². The van der Waals surface area contributed by atoms with Crippen LogP contribution in [0.15, 0.2) is 18.2 Å². The van der Waals surface area contributed by atoms with E-state index in [-0.39, 0.29) is 12.1 Å². The third-order valence-electron chi connectivity index (χ3n) is 2.42. The van der Waals surface area contributed by atoms with Gasteiger partial charge < -0.3 is 15.2 Å². The van der Waals surface area contributed by atoms with Crippen molar-refractivity contribution in [2.45, 2.75) is 52.7 Å². The van der Waals surface area contributed by atoms with Crippen LogP contribution in [0.2, 0.25) is 0 Å². The Morgan fingerprint density at radius 2 is 1.94 bits per heavy atom. The molecular formula is C15H25NO2. The predicted octanol–water partition coefficient (Wildman–Crippen LogP) is 3.15. The number of nitrogens with two attached hydrogens (primary N) is 1. The second-order valence-corrected chi connectivity index (χ2v) is 4.97. The van der Waals surface area contributed by atoms with Crippen molar-refractivity contribution in [3.63, 3.8) is 0 Å². The summed E-state index contributed by atoms with van der Waals surface area (Å²) in [7, 11) is 0. The van der Waals surface area contributed by atoms with Crippen molar-refractivity contribution in [1.29, 1.82) is 0 Å². The Bertz CT molecular complexity index is 362. The molecule has 0 spiro atoms. The van der Waals surface area contributed by atoms with E-state index in [1.807, 2.05) is 39.0 Å². The van der Waals surface area contributed by atoms with E-state index < -0.39 is 0 Å². The second-order valence-electron chi connectivity index (χ2n) is 4.97. The van der Waals surface area contributed by atoms with E-state index in [1.165, 1.54) is 0 Å². The molecule has 0 aromatic heterocycles. The summed E-state index contributed by atoms with van der Waals surface area (Å²) in [6.45, 7) is 8.87. The lowest BCUT2D eigenvalue weighted by atomic mass is 10.1. The molecule has 0 aliphatic carbocycles. The highest BCUT2D eigenvalue weighted by molar-refractivity contribution is 5.41. The van der Waals surface area contributed by atoms with E-state index >= 15 is 0 Å². The lowest BCUT2D eigenvalue weighted by molar-refractivity contribution is 0.237. The van der Waals surface area contributed by atoms with Crippen LogP contribution in [0, 0.1) is 0 Å². The van der Waals surface area contributed by atoms with Gasteiger partial charge in [-0.2, -0.15) is 0 Å². The lowest BCUT2D eigenvalue weighted by Crippen LogP contribution is -2.19. The molecule has 102 valence electrons. The molecule has 0 aliphatic rings. The van der Waals surface area contributed by atoms with Crippen molar-refractivity contribution >= 4 is 0 Å². The van der Waals surface area contributed by atoms with Gasteiger partial charge >= 0.3 is 0 Å². The maximum atomic E-state index is 5.86. The Morgan fingerprint density at radius 1 is 1.22 bits per heavy atom. The van der Waals surface area contributed by atoms with Crippen LogP contribution in [0.5, 0.6) is 11.5 Å². The average molecular weight is 251 g/mol. The summed E-state index contributed by atoms with van der Waals surface area (Å²) < 4.78 is 11.5. The summed E-state index contributed by atoms with van der Waals surface area (Å²) in [6.07, 6.45) is 1.97. The smallest absolute Gasteiger partial charge is 0.126 e. The first-order chi connectivity index (χ1) is 8.52. The molecule has 1 aromatic carbocycles. The van der Waals surface area contributed by atoms with Crippen molar-refractivity contribution in [2.75, 3.05) is 6.61 Å². The van der Waals surface area contributed by atoms with Crippen LogP contribution in [0.4, 0.5) is 0 Å². The molecule has 1 aromatic rings. The average Bonchev–Trinajstić information content (AvgIpc) is 2.28. The lowest BCUT2D eigenvalue weighted by Gasteiger charge is -2.17. The molecule has 0 amide bonds. The fourth-order valence-corrected chi connectivity index (χ4v) is 1.72. The number of benzene rings is 1. The molecule has 0 aliphatic heterocycles. The maximum Gasteiger partial charge on any atom is 0.126 e. The van der Waals surface area contributed by atoms with E-state index in [0.717, 1.165) is 36.5 Å². The molecule has 1 unspecified atom stereocenters. The van der Waals surface area contributed by atoms with Gasteiger partial charge in [0.1, 0.15) is 11.5 Å². The minimum Gasteiger partial charge on any atom is -0.493 e. The molecule has 0 bridgehead atoms. The van der Waals surface area contributed by atoms with Crippen molar-refractivity contribution in [3.8, 4) is 11.5 Å². The van der Waals surface area contributed by atoms with Gasteiger partial charge in [-0.1, -0.05) is 13.0 Å². The zero-order valence-electron chi connectivity index (χ0n) is 11.9. The predicted molar refractivity (Wildman–Crippen MR) is 75.3 cm³/mol. The third kappa shape index (κ3) is 4.96. The first-order valence-electron chi connectivity index (χ1n) is 6.70. The summed E-state index contributed by atoms with van der Waals surface area (Å²) in [4.78, 5) is 0. The Balaban J connectivity index is 2.88. The van der Waals surface area contributed by atoms with Crippen LogP contribution < -0.4 is 15.2 Å². The molecule has 0 heterocycles. The number of rotatable bonds is 7. The summed E-state index contributed by atoms with van der Waals surface area (Å²) in [5, 5.41) is 0. The largest absolute Gasteiger partial charge is 0.493 e. The highest BCUT2D eigenvalue weighted by Crippen LogP contribution is 2.27. The zero-order chi connectivity index (χ0) is 13.5. The van der Waals surface area contributed by atoms with Crippen molar-refractivity contribution in [2.24, 2.45) is 5.73 Å². The van der Waals surface area contributed by atoms with E-state index in [2.05, 4.69) is 6.92 Å². The topological polar surface area (TPSA) is 44.5 Å². The first-order valence-corrected chi connectivity index (χ1v) is 6.70. The van der Waals surface area contributed by atoms with Gasteiger partial charge in [-0.25, -0.2) is 0 Å². The fourth-order valence-electron chi connectivity index (χ4n) is 1.72. The number of hydrogen-bond donors (Lipinski definition) is 1. The summed E-state index contributed by atoms with van der Waals surface area (Å²) in [6, 6.07) is 6.13. The van der Waals surface area contributed by atoms with Gasteiger partial charge in [-0.05, 0) is 45.2 Å². The summed E-state index contributed by atoms with van der Waals surface area (Å²) >= 11 is 0. The molecule has 0 fully saturated rings. The van der Waals surface area contributed by atoms with Crippen LogP contribution in [-0.2, 0) is 6.42 Å². The molecule has 3 nitrogen and oxygen atoms in total. The SMILES string of the molecule is CCCOc1ccc(CC(C)N)c(OC(C)C)c1. The number of hydrogen-bond acceptors (Lipinski definition) is 3. The van der Waals surface area contributed by atoms with E-state index in [1.54, 1.807) is 0 Å². The van der Waals surface area contributed by atoms with Gasteiger partial charge in [-0.3, -0.25) is 0 Å². The van der Waals surface area contributed by atoms with Gasteiger partial charge in [0.05, 0.1) is 12.7 Å². The van der Waals surface area contributed by atoms with Gasteiger partial charge in [0, 0.05) is 12.1 Å². The van der Waals surface area contributed by atoms with Gasteiger partial charge in [-0.15, -0.1) is 0 Å². The minimum atomic E-state index is 0.127. The summed E-state index contributed by atoms with van der Waals surface area (Å²) in [5.41, 5.74) is 7.00. The van der Waals surface area contributed by atoms with Crippen LogP contribution >= 0.6 is 0 Å². The van der Waals surface area contributed by atoms with Crippen molar-refractivity contribution < 1.29 is 9.47 Å². The molecule has 0 saturated heterocycles. The monoisotopic (exact) mass is 251 g/mol. The Hall–Kier alpha value is -1.22. The van der Waals surface area contributed by atoms with Gasteiger partial charge in [0.25, 0.3) is 0 Å². The second kappa shape index (κ2) is 7.27. The molecule has 1 atom stereocenters. The highest BCUT2D eigenvalue weighted by Gasteiger charge is 2.09. The quantitative estimate of drug-likeness (QED) is 0.809. The Morgan fingerprint density at radius 3 is 2.50 bits per heavy atom. The normalized spacial score (nSPS) is 12.6. The molecule has 1 rings (SSSR count). The molecule has 0 saturated carbocycles. The number of ether oxygens (including phenoxy) is 2. The third-order valence-corrected chi connectivity index (χ3v) is 2.42. The molecule has 0 radical (unpaired) electrons. The van der Waals surface area contributed by atoms with Crippen LogP contribution in [0.1, 0.15) is 39.7 Å². The Kier molecular flexibility index (Phi) is 5.99. The first kappa shape index (κ1) is 14.8. The van der Waals surface area contributed by atoms with Gasteiger partial charge in [0.2, 0.25) is 0 Å². The van der Waals surface area contributed by atoms with E-state index in [4.69, 9.17) is 15.2 Å². The van der Waals surface area contributed by atoms with Crippen LogP contribution in [0.25, 0.3) is 0 Å². The highest BCUT2D eigenvalue weighted by atomic mass is 16.5. The molecular weight excluding hydrogens is 226 g/mol. The molecule has 2 N–H and O–H groups in total. The van der Waals surface area contributed by atoms with Crippen molar-refractivity contribution in [1.82, 2.24) is 0 Å². The molecule has 3 heteroatoms. The van der Waals surface area contributed by atoms with Crippen LogP contribution in [-0.4, -0.2) is 18.8 Å². The van der Waals surface area contributed by atoms with Crippen molar-refractivity contribution in [3.05, 3.63) is 23.8 Å². The van der Waals surface area contributed by atoms with E-state index in [0.29, 0.717) is 0 Å². The van der Waals surface area contributed by atoms with Crippen LogP contribution in [0.3, 0.4) is 0 Å². The summed E-state index contributed by atoms with van der Waals surface area (Å²) in [5.74, 6) is 1.75. The minimum absolute atomic E-state index is 0.127. The van der Waals surface area contributed by atoms with Gasteiger partial charge in [0.15, 0.2) is 0 Å². The fraction of sp³-hybridized carbons (Fsp3) is 0.600. The molecule has 18 heavy (non-hydrogen) atoms. The van der Waals surface area contributed by atoms with E-state index in [9.17, 15) is 0 Å².